The van der Waals surface area contributed by atoms with E-state index < -0.39 is 5.82 Å². The number of hydrogen-bond donors (Lipinski definition) is 1. The molecule has 158 valence electrons. The smallest absolute Gasteiger partial charge is 0.255 e. The van der Waals surface area contributed by atoms with Crippen LogP contribution >= 0.6 is 11.6 Å². The molecule has 1 N–H and O–H groups in total. The standard InChI is InChI=1S/C21H27ClFN3O3/c22-18-13-16(23)6-7-17(18)21(29)26-10-8-25(9-11-26)20(28)14-24-19(27)12-15-4-2-1-3-5-15/h6-7,13,15H,1-5,8-12,14H2,(H,24,27). The summed E-state index contributed by atoms with van der Waals surface area (Å²) in [5.74, 6) is -0.541. The van der Waals surface area contributed by atoms with Gasteiger partial charge in [0, 0.05) is 32.6 Å². The van der Waals surface area contributed by atoms with Gasteiger partial charge < -0.3 is 15.1 Å². The molecule has 2 aliphatic rings. The summed E-state index contributed by atoms with van der Waals surface area (Å²) in [7, 11) is 0. The highest BCUT2D eigenvalue weighted by molar-refractivity contribution is 6.33. The summed E-state index contributed by atoms with van der Waals surface area (Å²) in [6, 6.07) is 3.69. The van der Waals surface area contributed by atoms with Crippen LogP contribution in [-0.2, 0) is 9.59 Å². The second-order valence-electron chi connectivity index (χ2n) is 7.78. The van der Waals surface area contributed by atoms with Gasteiger partial charge in [0.15, 0.2) is 0 Å². The van der Waals surface area contributed by atoms with E-state index in [1.165, 1.54) is 31.4 Å². The van der Waals surface area contributed by atoms with Gasteiger partial charge in [-0.25, -0.2) is 4.39 Å². The maximum Gasteiger partial charge on any atom is 0.255 e. The van der Waals surface area contributed by atoms with Gasteiger partial charge in [0.1, 0.15) is 5.82 Å². The summed E-state index contributed by atoms with van der Waals surface area (Å²) < 4.78 is 13.2. The average Bonchev–Trinajstić information content (AvgIpc) is 2.72. The highest BCUT2D eigenvalue weighted by atomic mass is 35.5. The molecule has 1 aliphatic carbocycles. The van der Waals surface area contributed by atoms with Crippen molar-refractivity contribution in [3.63, 3.8) is 0 Å². The molecule has 1 aromatic carbocycles. The van der Waals surface area contributed by atoms with E-state index in [1.54, 1.807) is 9.80 Å². The number of piperazine rings is 1. The molecule has 1 heterocycles. The first-order valence-corrected chi connectivity index (χ1v) is 10.6. The topological polar surface area (TPSA) is 69.7 Å². The van der Waals surface area contributed by atoms with Crippen molar-refractivity contribution in [2.24, 2.45) is 5.92 Å². The van der Waals surface area contributed by atoms with Crippen molar-refractivity contribution < 1.29 is 18.8 Å². The third kappa shape index (κ3) is 5.92. The SMILES string of the molecule is O=C(CC1CCCCC1)NCC(=O)N1CCN(C(=O)c2ccc(F)cc2Cl)CC1. The Bertz CT molecular complexity index is 760. The van der Waals surface area contributed by atoms with Gasteiger partial charge in [-0.15, -0.1) is 0 Å². The first kappa shape index (κ1) is 21.6. The third-order valence-electron chi connectivity index (χ3n) is 5.72. The van der Waals surface area contributed by atoms with Crippen LogP contribution in [0.5, 0.6) is 0 Å². The molecule has 29 heavy (non-hydrogen) atoms. The molecular weight excluding hydrogens is 397 g/mol. The summed E-state index contributed by atoms with van der Waals surface area (Å²) in [5, 5.41) is 2.81. The van der Waals surface area contributed by atoms with Crippen molar-refractivity contribution in [1.29, 1.82) is 0 Å². The minimum Gasteiger partial charge on any atom is -0.347 e. The largest absolute Gasteiger partial charge is 0.347 e. The fourth-order valence-electron chi connectivity index (χ4n) is 4.00. The zero-order valence-electron chi connectivity index (χ0n) is 16.5. The van der Waals surface area contributed by atoms with Gasteiger partial charge in [0.25, 0.3) is 5.91 Å². The van der Waals surface area contributed by atoms with Crippen molar-refractivity contribution >= 4 is 29.3 Å². The number of nitrogens with one attached hydrogen (secondary N) is 1. The zero-order chi connectivity index (χ0) is 20.8. The van der Waals surface area contributed by atoms with Crippen LogP contribution in [0.3, 0.4) is 0 Å². The molecule has 0 bridgehead atoms. The summed E-state index contributed by atoms with van der Waals surface area (Å²) in [5.41, 5.74) is 0.253. The van der Waals surface area contributed by atoms with Crippen LogP contribution in [0.25, 0.3) is 0 Å². The predicted molar refractivity (Wildman–Crippen MR) is 108 cm³/mol. The molecule has 2 fully saturated rings. The number of nitrogens with zero attached hydrogens (tertiary/aromatic N) is 2. The molecule has 0 atom stereocenters. The maximum absolute atomic E-state index is 13.2. The van der Waals surface area contributed by atoms with E-state index in [2.05, 4.69) is 5.32 Å². The number of hydrogen-bond acceptors (Lipinski definition) is 3. The van der Waals surface area contributed by atoms with Crippen LogP contribution in [0.4, 0.5) is 4.39 Å². The number of halogens is 2. The maximum atomic E-state index is 13.2. The van der Waals surface area contributed by atoms with E-state index in [0.29, 0.717) is 38.5 Å². The first-order valence-electron chi connectivity index (χ1n) is 10.2. The van der Waals surface area contributed by atoms with Gasteiger partial charge in [-0.05, 0) is 37.0 Å². The summed E-state index contributed by atoms with van der Waals surface area (Å²) in [4.78, 5) is 40.3. The molecule has 0 unspecified atom stereocenters. The van der Waals surface area contributed by atoms with Gasteiger partial charge in [-0.1, -0.05) is 30.9 Å². The van der Waals surface area contributed by atoms with E-state index >= 15 is 0 Å². The predicted octanol–water partition coefficient (Wildman–Crippen LogP) is 2.85. The Morgan fingerprint density at radius 1 is 1.03 bits per heavy atom. The summed E-state index contributed by atoms with van der Waals surface area (Å²) in [6.45, 7) is 1.51. The monoisotopic (exact) mass is 423 g/mol. The van der Waals surface area contributed by atoms with E-state index in [9.17, 15) is 18.8 Å². The molecule has 0 spiro atoms. The number of benzene rings is 1. The van der Waals surface area contributed by atoms with Gasteiger partial charge >= 0.3 is 0 Å². The molecule has 0 aromatic heterocycles. The Balaban J connectivity index is 1.42. The zero-order valence-corrected chi connectivity index (χ0v) is 17.2. The number of amides is 3. The van der Waals surface area contributed by atoms with Crippen molar-refractivity contribution in [2.75, 3.05) is 32.7 Å². The Morgan fingerprint density at radius 3 is 2.34 bits per heavy atom. The Kier molecular flexibility index (Phi) is 7.47. The van der Waals surface area contributed by atoms with Gasteiger partial charge in [0.2, 0.25) is 11.8 Å². The van der Waals surface area contributed by atoms with E-state index in [-0.39, 0.29) is 34.9 Å². The number of carbonyl (C=O) groups excluding carboxylic acids is 3. The Labute approximate surface area is 175 Å². The fourth-order valence-corrected chi connectivity index (χ4v) is 4.25. The lowest BCUT2D eigenvalue weighted by Gasteiger charge is -2.35. The van der Waals surface area contributed by atoms with Gasteiger partial charge in [0.05, 0.1) is 17.1 Å². The molecule has 1 aromatic rings. The lowest BCUT2D eigenvalue weighted by atomic mass is 9.87. The second-order valence-corrected chi connectivity index (χ2v) is 8.19. The highest BCUT2D eigenvalue weighted by Gasteiger charge is 2.26. The molecular formula is C21H27ClFN3O3. The Morgan fingerprint density at radius 2 is 1.69 bits per heavy atom. The molecule has 3 amide bonds. The lowest BCUT2D eigenvalue weighted by molar-refractivity contribution is -0.134. The van der Waals surface area contributed by atoms with Crippen LogP contribution in [0.15, 0.2) is 18.2 Å². The normalized spacial score (nSPS) is 17.9. The van der Waals surface area contributed by atoms with Crippen LogP contribution in [0.1, 0.15) is 48.9 Å². The van der Waals surface area contributed by atoms with Gasteiger partial charge in [-0.3, -0.25) is 14.4 Å². The number of carbonyl (C=O) groups is 3. The summed E-state index contributed by atoms with van der Waals surface area (Å²) in [6.07, 6.45) is 6.29. The van der Waals surface area contributed by atoms with Crippen molar-refractivity contribution in [3.05, 3.63) is 34.6 Å². The average molecular weight is 424 g/mol. The van der Waals surface area contributed by atoms with Crippen LogP contribution in [0.2, 0.25) is 5.02 Å². The van der Waals surface area contributed by atoms with E-state index in [4.69, 9.17) is 11.6 Å². The van der Waals surface area contributed by atoms with Crippen LogP contribution < -0.4 is 5.32 Å². The minimum absolute atomic E-state index is 0.0106. The van der Waals surface area contributed by atoms with Crippen LogP contribution in [-0.4, -0.2) is 60.2 Å². The molecule has 3 rings (SSSR count). The van der Waals surface area contributed by atoms with E-state index in [0.717, 1.165) is 18.9 Å². The first-order chi connectivity index (χ1) is 13.9. The number of rotatable bonds is 5. The molecule has 1 saturated carbocycles. The lowest BCUT2D eigenvalue weighted by Crippen LogP contribution is -2.52. The molecule has 8 heteroatoms. The molecule has 1 aliphatic heterocycles. The van der Waals surface area contributed by atoms with E-state index in [1.807, 2.05) is 0 Å². The van der Waals surface area contributed by atoms with Crippen molar-refractivity contribution in [2.45, 2.75) is 38.5 Å². The van der Waals surface area contributed by atoms with Crippen molar-refractivity contribution in [3.8, 4) is 0 Å². The highest BCUT2D eigenvalue weighted by Crippen LogP contribution is 2.26. The molecule has 0 radical (unpaired) electrons. The van der Waals surface area contributed by atoms with Gasteiger partial charge in [-0.2, -0.15) is 0 Å². The van der Waals surface area contributed by atoms with Crippen LogP contribution in [0, 0.1) is 11.7 Å². The minimum atomic E-state index is -0.493. The Hall–Kier alpha value is -2.15. The molecule has 1 saturated heterocycles. The fraction of sp³-hybridized carbons (Fsp3) is 0.571. The third-order valence-corrected chi connectivity index (χ3v) is 6.03. The van der Waals surface area contributed by atoms with Crippen molar-refractivity contribution in [1.82, 2.24) is 15.1 Å². The quantitative estimate of drug-likeness (QED) is 0.791. The second kappa shape index (κ2) is 10.1. The summed E-state index contributed by atoms with van der Waals surface area (Å²) >= 11 is 5.97. The molecule has 6 nitrogen and oxygen atoms in total.